The molecule has 5 heteroatoms. The van der Waals surface area contributed by atoms with E-state index in [4.69, 9.17) is 4.74 Å². The Hall–Kier alpha value is -1.36. The van der Waals surface area contributed by atoms with E-state index in [9.17, 15) is 0 Å². The molecule has 0 unspecified atom stereocenters. The number of nitrogens with zero attached hydrogens (tertiary/aromatic N) is 3. The molecule has 1 aromatic rings. The molecule has 1 aliphatic rings. The summed E-state index contributed by atoms with van der Waals surface area (Å²) in [6.45, 7) is 8.37. The number of rotatable bonds is 7. The van der Waals surface area contributed by atoms with Crippen LogP contribution in [0, 0.1) is 5.41 Å². The number of nitrogens with one attached hydrogen (secondary N) is 1. The lowest BCUT2D eigenvalue weighted by Crippen LogP contribution is -2.30. The molecule has 0 atom stereocenters. The van der Waals surface area contributed by atoms with Crippen LogP contribution in [0.3, 0.4) is 0 Å². The molecule has 0 aromatic carbocycles. The third-order valence-electron chi connectivity index (χ3n) is 4.06. The molecular formula is C16H28N4O. The molecule has 1 N–H and O–H groups in total. The molecule has 1 aromatic heterocycles. The van der Waals surface area contributed by atoms with Crippen molar-refractivity contribution in [1.82, 2.24) is 9.97 Å². The van der Waals surface area contributed by atoms with Crippen molar-refractivity contribution in [1.29, 1.82) is 0 Å². The summed E-state index contributed by atoms with van der Waals surface area (Å²) in [6, 6.07) is 2.07. The van der Waals surface area contributed by atoms with Gasteiger partial charge >= 0.3 is 0 Å². The second kappa shape index (κ2) is 7.59. The maximum Gasteiger partial charge on any atom is 0.134 e. The molecule has 0 bridgehead atoms. The minimum atomic E-state index is 0.187. The number of ether oxygens (including phenoxy) is 1. The molecule has 5 nitrogen and oxygen atoms in total. The Morgan fingerprint density at radius 1 is 1.24 bits per heavy atom. The van der Waals surface area contributed by atoms with Crippen LogP contribution < -0.4 is 10.2 Å². The fourth-order valence-electron chi connectivity index (χ4n) is 2.54. The van der Waals surface area contributed by atoms with Crippen molar-refractivity contribution in [2.24, 2.45) is 5.41 Å². The molecule has 1 aliphatic heterocycles. The number of methoxy groups -OCH3 is 1. The maximum absolute atomic E-state index is 5.17. The number of hydrogen-bond donors (Lipinski definition) is 1. The van der Waals surface area contributed by atoms with E-state index >= 15 is 0 Å². The highest BCUT2D eigenvalue weighted by Crippen LogP contribution is 2.22. The first-order valence-corrected chi connectivity index (χ1v) is 7.90. The van der Waals surface area contributed by atoms with E-state index in [0.29, 0.717) is 0 Å². The Balaban J connectivity index is 1.91. The summed E-state index contributed by atoms with van der Waals surface area (Å²) in [6.07, 6.45) is 6.54. The van der Waals surface area contributed by atoms with Gasteiger partial charge in [-0.3, -0.25) is 0 Å². The van der Waals surface area contributed by atoms with Gasteiger partial charge in [-0.05, 0) is 31.1 Å². The third-order valence-corrected chi connectivity index (χ3v) is 4.06. The van der Waals surface area contributed by atoms with E-state index < -0.39 is 0 Å². The molecule has 0 aliphatic carbocycles. The van der Waals surface area contributed by atoms with Crippen molar-refractivity contribution >= 4 is 11.6 Å². The largest absolute Gasteiger partial charge is 0.385 e. The van der Waals surface area contributed by atoms with E-state index in [0.717, 1.165) is 44.3 Å². The zero-order chi connectivity index (χ0) is 15.1. The summed E-state index contributed by atoms with van der Waals surface area (Å²) >= 11 is 0. The number of aromatic nitrogens is 2. The average molecular weight is 292 g/mol. The van der Waals surface area contributed by atoms with Crippen LogP contribution in [0.25, 0.3) is 0 Å². The van der Waals surface area contributed by atoms with Gasteiger partial charge in [0.25, 0.3) is 0 Å². The summed E-state index contributed by atoms with van der Waals surface area (Å²) < 4.78 is 5.17. The first-order valence-electron chi connectivity index (χ1n) is 7.90. The van der Waals surface area contributed by atoms with Crippen LogP contribution in [0.15, 0.2) is 12.4 Å². The van der Waals surface area contributed by atoms with Crippen LogP contribution in [0.4, 0.5) is 11.6 Å². The van der Waals surface area contributed by atoms with Crippen molar-refractivity contribution in [2.75, 3.05) is 43.6 Å². The van der Waals surface area contributed by atoms with Crippen molar-refractivity contribution in [3.63, 3.8) is 0 Å². The normalized spacial score (nSPS) is 16.0. The molecule has 2 rings (SSSR count). The fourth-order valence-corrected chi connectivity index (χ4v) is 2.54. The minimum absolute atomic E-state index is 0.187. The highest BCUT2D eigenvalue weighted by atomic mass is 16.5. The number of anilines is 2. The fraction of sp³-hybridized carbons (Fsp3) is 0.750. The highest BCUT2D eigenvalue weighted by molar-refractivity contribution is 5.48. The Kier molecular flexibility index (Phi) is 5.79. The topological polar surface area (TPSA) is 50.3 Å². The number of piperidine rings is 1. The second-order valence-corrected chi connectivity index (χ2v) is 6.57. The van der Waals surface area contributed by atoms with Gasteiger partial charge in [-0.1, -0.05) is 13.8 Å². The molecule has 118 valence electrons. The van der Waals surface area contributed by atoms with Gasteiger partial charge in [0.15, 0.2) is 0 Å². The Labute approximate surface area is 128 Å². The standard InChI is InChI=1S/C16H28N4O/c1-16(2,7-10-21-3)12-17-14-11-15(19-13-18-14)20-8-5-4-6-9-20/h11,13H,4-10,12H2,1-3H3,(H,17,18,19). The Morgan fingerprint density at radius 2 is 2.00 bits per heavy atom. The second-order valence-electron chi connectivity index (χ2n) is 6.57. The van der Waals surface area contributed by atoms with Gasteiger partial charge in [-0.2, -0.15) is 0 Å². The lowest BCUT2D eigenvalue weighted by molar-refractivity contribution is 0.157. The number of hydrogen-bond acceptors (Lipinski definition) is 5. The van der Waals surface area contributed by atoms with Gasteiger partial charge in [-0.15, -0.1) is 0 Å². The monoisotopic (exact) mass is 292 g/mol. The quantitative estimate of drug-likeness (QED) is 0.837. The van der Waals surface area contributed by atoms with Crippen molar-refractivity contribution in [3.8, 4) is 0 Å². The highest BCUT2D eigenvalue weighted by Gasteiger charge is 2.18. The summed E-state index contributed by atoms with van der Waals surface area (Å²) in [5.41, 5.74) is 0.187. The van der Waals surface area contributed by atoms with E-state index in [-0.39, 0.29) is 5.41 Å². The van der Waals surface area contributed by atoms with Crippen molar-refractivity contribution < 1.29 is 4.74 Å². The molecule has 2 heterocycles. The summed E-state index contributed by atoms with van der Waals surface area (Å²) in [5.74, 6) is 1.96. The first kappa shape index (κ1) is 16.0. The molecule has 0 amide bonds. The lowest BCUT2D eigenvalue weighted by Gasteiger charge is -2.28. The summed E-state index contributed by atoms with van der Waals surface area (Å²) in [4.78, 5) is 11.1. The molecule has 0 spiro atoms. The predicted octanol–water partition coefficient (Wildman–Crippen LogP) is 2.94. The van der Waals surface area contributed by atoms with E-state index in [2.05, 4.69) is 40.1 Å². The summed E-state index contributed by atoms with van der Waals surface area (Å²) in [7, 11) is 1.75. The van der Waals surface area contributed by atoms with Crippen LogP contribution in [0.2, 0.25) is 0 Å². The van der Waals surface area contributed by atoms with Crippen molar-refractivity contribution in [3.05, 3.63) is 12.4 Å². The van der Waals surface area contributed by atoms with E-state index in [1.807, 2.05) is 0 Å². The molecule has 0 radical (unpaired) electrons. The maximum atomic E-state index is 5.17. The SMILES string of the molecule is COCCC(C)(C)CNc1cc(N2CCCCC2)ncn1. The van der Waals surface area contributed by atoms with Crippen LogP contribution in [-0.2, 0) is 4.74 Å². The van der Waals surface area contributed by atoms with Gasteiger partial charge in [0, 0.05) is 39.4 Å². The molecule has 0 saturated carbocycles. The Bertz CT molecular complexity index is 430. The van der Waals surface area contributed by atoms with Crippen LogP contribution in [-0.4, -0.2) is 43.3 Å². The molecular weight excluding hydrogens is 264 g/mol. The Morgan fingerprint density at radius 3 is 2.71 bits per heavy atom. The lowest BCUT2D eigenvalue weighted by atomic mass is 9.90. The zero-order valence-electron chi connectivity index (χ0n) is 13.6. The third kappa shape index (κ3) is 5.16. The first-order chi connectivity index (χ1) is 10.1. The zero-order valence-corrected chi connectivity index (χ0v) is 13.6. The van der Waals surface area contributed by atoms with Crippen molar-refractivity contribution in [2.45, 2.75) is 39.5 Å². The van der Waals surface area contributed by atoms with Gasteiger partial charge in [0.2, 0.25) is 0 Å². The molecule has 1 saturated heterocycles. The summed E-state index contributed by atoms with van der Waals surface area (Å²) in [5, 5.41) is 3.44. The van der Waals surface area contributed by atoms with E-state index in [1.54, 1.807) is 13.4 Å². The minimum Gasteiger partial charge on any atom is -0.385 e. The smallest absolute Gasteiger partial charge is 0.134 e. The van der Waals surface area contributed by atoms with Gasteiger partial charge in [0.05, 0.1) is 0 Å². The van der Waals surface area contributed by atoms with Crippen LogP contribution in [0.5, 0.6) is 0 Å². The average Bonchev–Trinajstić information content (AvgIpc) is 2.52. The molecule has 1 fully saturated rings. The van der Waals surface area contributed by atoms with Gasteiger partial charge in [-0.25, -0.2) is 9.97 Å². The van der Waals surface area contributed by atoms with Gasteiger partial charge in [0.1, 0.15) is 18.0 Å². The van der Waals surface area contributed by atoms with Crippen LogP contribution in [0.1, 0.15) is 39.5 Å². The van der Waals surface area contributed by atoms with E-state index in [1.165, 1.54) is 19.3 Å². The van der Waals surface area contributed by atoms with Gasteiger partial charge < -0.3 is 15.0 Å². The van der Waals surface area contributed by atoms with Crippen LogP contribution >= 0.6 is 0 Å². The predicted molar refractivity (Wildman–Crippen MR) is 86.9 cm³/mol. The molecule has 21 heavy (non-hydrogen) atoms.